The Morgan fingerprint density at radius 1 is 1.20 bits per heavy atom. The second-order valence-electron chi connectivity index (χ2n) is 4.31. The lowest BCUT2D eigenvalue weighted by molar-refractivity contribution is 0.739. The van der Waals surface area contributed by atoms with Crippen LogP contribution in [0.3, 0.4) is 0 Å². The van der Waals surface area contributed by atoms with Gasteiger partial charge in [0.05, 0.1) is 0 Å². The van der Waals surface area contributed by atoms with Gasteiger partial charge < -0.3 is 5.73 Å². The molecule has 0 saturated heterocycles. The van der Waals surface area contributed by atoms with Gasteiger partial charge >= 0.3 is 0 Å². The van der Waals surface area contributed by atoms with Crippen molar-refractivity contribution in [2.75, 3.05) is 0 Å². The summed E-state index contributed by atoms with van der Waals surface area (Å²) >= 11 is 0. The first kappa shape index (κ1) is 10.2. The lowest BCUT2D eigenvalue weighted by Gasteiger charge is -2.08. The first-order chi connectivity index (χ1) is 7.16. The minimum absolute atomic E-state index is 0.228. The molecule has 2 N–H and O–H groups in total. The molecule has 0 fully saturated rings. The molecule has 1 atom stereocenters. The molecule has 0 aliphatic heterocycles. The highest BCUT2D eigenvalue weighted by molar-refractivity contribution is 5.86. The molecule has 2 aromatic rings. The zero-order valence-electron chi connectivity index (χ0n) is 9.33. The minimum Gasteiger partial charge on any atom is -0.328 e. The van der Waals surface area contributed by atoms with Crippen molar-refractivity contribution in [3.63, 3.8) is 0 Å². The summed E-state index contributed by atoms with van der Waals surface area (Å²) in [6, 6.07) is 13.2. The Hall–Kier alpha value is -1.34. The van der Waals surface area contributed by atoms with E-state index in [1.54, 1.807) is 0 Å². The number of hydrogen-bond acceptors (Lipinski definition) is 1. The van der Waals surface area contributed by atoms with E-state index in [9.17, 15) is 0 Å². The third kappa shape index (κ3) is 2.18. The van der Waals surface area contributed by atoms with Gasteiger partial charge in [-0.3, -0.25) is 0 Å². The number of nitrogens with two attached hydrogens (primary N) is 1. The van der Waals surface area contributed by atoms with Gasteiger partial charge in [0.25, 0.3) is 0 Å². The Kier molecular flexibility index (Phi) is 2.74. The molecule has 0 bridgehead atoms. The predicted octanol–water partition coefficient (Wildman–Crippen LogP) is 3.04. The SMILES string of the molecule is Cc1cccc2ccc(CC(C)N)cc12. The van der Waals surface area contributed by atoms with Crippen LogP contribution in [-0.4, -0.2) is 6.04 Å². The maximum absolute atomic E-state index is 5.81. The molecule has 0 aliphatic carbocycles. The largest absolute Gasteiger partial charge is 0.328 e. The van der Waals surface area contributed by atoms with Gasteiger partial charge in [0.15, 0.2) is 0 Å². The third-order valence-corrected chi connectivity index (χ3v) is 2.72. The Balaban J connectivity index is 2.50. The fourth-order valence-electron chi connectivity index (χ4n) is 1.97. The monoisotopic (exact) mass is 199 g/mol. The number of hydrogen-bond donors (Lipinski definition) is 1. The fourth-order valence-corrected chi connectivity index (χ4v) is 1.97. The average molecular weight is 199 g/mol. The van der Waals surface area contributed by atoms with Crippen molar-refractivity contribution in [3.05, 3.63) is 47.5 Å². The molecular weight excluding hydrogens is 182 g/mol. The van der Waals surface area contributed by atoms with Crippen molar-refractivity contribution in [2.24, 2.45) is 5.73 Å². The van der Waals surface area contributed by atoms with Gasteiger partial charge in [-0.2, -0.15) is 0 Å². The summed E-state index contributed by atoms with van der Waals surface area (Å²) in [6.45, 7) is 4.19. The van der Waals surface area contributed by atoms with Crippen LogP contribution in [0.4, 0.5) is 0 Å². The normalized spacial score (nSPS) is 13.0. The van der Waals surface area contributed by atoms with E-state index < -0.39 is 0 Å². The number of rotatable bonds is 2. The van der Waals surface area contributed by atoms with Gasteiger partial charge in [-0.15, -0.1) is 0 Å². The maximum atomic E-state index is 5.81. The van der Waals surface area contributed by atoms with Gasteiger partial charge in [-0.1, -0.05) is 36.4 Å². The summed E-state index contributed by atoms with van der Waals surface area (Å²) in [7, 11) is 0. The molecule has 0 saturated carbocycles. The van der Waals surface area contributed by atoms with Gasteiger partial charge in [0.1, 0.15) is 0 Å². The van der Waals surface area contributed by atoms with Crippen LogP contribution in [0.1, 0.15) is 18.1 Å². The predicted molar refractivity (Wildman–Crippen MR) is 66.0 cm³/mol. The van der Waals surface area contributed by atoms with E-state index in [2.05, 4.69) is 43.3 Å². The van der Waals surface area contributed by atoms with Gasteiger partial charge in [-0.25, -0.2) is 0 Å². The van der Waals surface area contributed by atoms with Crippen molar-refractivity contribution < 1.29 is 0 Å². The van der Waals surface area contributed by atoms with Crippen LogP contribution in [0.5, 0.6) is 0 Å². The van der Waals surface area contributed by atoms with E-state index in [0.717, 1.165) is 6.42 Å². The van der Waals surface area contributed by atoms with Gasteiger partial charge in [0, 0.05) is 6.04 Å². The highest BCUT2D eigenvalue weighted by atomic mass is 14.6. The molecule has 0 spiro atoms. The van der Waals surface area contributed by atoms with E-state index in [4.69, 9.17) is 5.73 Å². The van der Waals surface area contributed by atoms with Gasteiger partial charge in [-0.05, 0) is 42.2 Å². The second-order valence-corrected chi connectivity index (χ2v) is 4.31. The molecule has 0 radical (unpaired) electrons. The third-order valence-electron chi connectivity index (χ3n) is 2.72. The quantitative estimate of drug-likeness (QED) is 0.790. The molecule has 1 nitrogen and oxygen atoms in total. The first-order valence-electron chi connectivity index (χ1n) is 5.40. The zero-order valence-corrected chi connectivity index (χ0v) is 9.33. The summed E-state index contributed by atoms with van der Waals surface area (Å²) in [5.41, 5.74) is 8.46. The Bertz CT molecular complexity index is 472. The molecule has 0 amide bonds. The topological polar surface area (TPSA) is 26.0 Å². The van der Waals surface area contributed by atoms with Crippen LogP contribution in [0.2, 0.25) is 0 Å². The van der Waals surface area contributed by atoms with Gasteiger partial charge in [0.2, 0.25) is 0 Å². The Morgan fingerprint density at radius 2 is 2.00 bits per heavy atom. The van der Waals surface area contributed by atoms with E-state index in [0.29, 0.717) is 0 Å². The molecule has 1 heteroatoms. The number of fused-ring (bicyclic) bond motifs is 1. The van der Waals surface area contributed by atoms with E-state index >= 15 is 0 Å². The lowest BCUT2D eigenvalue weighted by Crippen LogP contribution is -2.17. The molecule has 2 aromatic carbocycles. The second kappa shape index (κ2) is 4.03. The van der Waals surface area contributed by atoms with Crippen LogP contribution in [0, 0.1) is 6.92 Å². The molecule has 0 aromatic heterocycles. The molecule has 0 heterocycles. The standard InChI is InChI=1S/C14H17N/c1-10-4-3-5-13-7-6-12(8-11(2)15)9-14(10)13/h3-7,9,11H,8,15H2,1-2H3. The fraction of sp³-hybridized carbons (Fsp3) is 0.286. The first-order valence-corrected chi connectivity index (χ1v) is 5.40. The van der Waals surface area contributed by atoms with E-state index in [-0.39, 0.29) is 6.04 Å². The van der Waals surface area contributed by atoms with Crippen LogP contribution in [0.15, 0.2) is 36.4 Å². The minimum atomic E-state index is 0.228. The zero-order chi connectivity index (χ0) is 10.8. The molecule has 15 heavy (non-hydrogen) atoms. The Labute approximate surface area is 90.9 Å². The van der Waals surface area contributed by atoms with Crippen molar-refractivity contribution in [2.45, 2.75) is 26.3 Å². The van der Waals surface area contributed by atoms with Crippen molar-refractivity contribution in [1.29, 1.82) is 0 Å². The highest BCUT2D eigenvalue weighted by Gasteiger charge is 2.01. The maximum Gasteiger partial charge on any atom is 0.00509 e. The molecular formula is C14H17N. The van der Waals surface area contributed by atoms with Crippen molar-refractivity contribution >= 4 is 10.8 Å². The van der Waals surface area contributed by atoms with Crippen LogP contribution >= 0.6 is 0 Å². The molecule has 1 unspecified atom stereocenters. The van der Waals surface area contributed by atoms with E-state index in [1.807, 2.05) is 6.92 Å². The Morgan fingerprint density at radius 3 is 2.73 bits per heavy atom. The smallest absolute Gasteiger partial charge is 0.00509 e. The lowest BCUT2D eigenvalue weighted by atomic mass is 10.00. The summed E-state index contributed by atoms with van der Waals surface area (Å²) in [5.74, 6) is 0. The van der Waals surface area contributed by atoms with E-state index in [1.165, 1.54) is 21.9 Å². The van der Waals surface area contributed by atoms with Crippen molar-refractivity contribution in [1.82, 2.24) is 0 Å². The molecule has 0 aliphatic rings. The summed E-state index contributed by atoms with van der Waals surface area (Å²) in [6.07, 6.45) is 0.949. The average Bonchev–Trinajstić information content (AvgIpc) is 2.18. The number of benzene rings is 2. The summed E-state index contributed by atoms with van der Waals surface area (Å²) in [4.78, 5) is 0. The van der Waals surface area contributed by atoms with Crippen molar-refractivity contribution in [3.8, 4) is 0 Å². The van der Waals surface area contributed by atoms with Crippen LogP contribution < -0.4 is 5.73 Å². The molecule has 78 valence electrons. The highest BCUT2D eigenvalue weighted by Crippen LogP contribution is 2.20. The van der Waals surface area contributed by atoms with Crippen LogP contribution in [0.25, 0.3) is 10.8 Å². The molecule has 2 rings (SSSR count). The van der Waals surface area contributed by atoms with Crippen LogP contribution in [-0.2, 0) is 6.42 Å². The number of aryl methyl sites for hydroxylation is 1. The summed E-state index contributed by atoms with van der Waals surface area (Å²) < 4.78 is 0. The summed E-state index contributed by atoms with van der Waals surface area (Å²) in [5, 5.41) is 2.65.